The van der Waals surface area contributed by atoms with Gasteiger partial charge in [0.05, 0.1) is 6.33 Å². The van der Waals surface area contributed by atoms with Crippen LogP contribution >= 0.6 is 0 Å². The highest BCUT2D eigenvalue weighted by Crippen LogP contribution is 2.02. The number of nitrogens with one attached hydrogen (secondary N) is 1. The molecule has 0 amide bonds. The van der Waals surface area contributed by atoms with Gasteiger partial charge in [0.2, 0.25) is 0 Å². The molecule has 1 aromatic carbocycles. The molecule has 0 bridgehead atoms. The van der Waals surface area contributed by atoms with Crippen molar-refractivity contribution in [3.63, 3.8) is 0 Å². The van der Waals surface area contributed by atoms with Crippen LogP contribution in [-0.4, -0.2) is 19.5 Å². The van der Waals surface area contributed by atoms with E-state index in [2.05, 4.69) is 15.0 Å². The van der Waals surface area contributed by atoms with Crippen molar-refractivity contribution in [2.45, 2.75) is 6.54 Å². The molecule has 5 heteroatoms. The first-order chi connectivity index (χ1) is 9.34. The van der Waals surface area contributed by atoms with E-state index < -0.39 is 0 Å². The van der Waals surface area contributed by atoms with Crippen LogP contribution in [0.25, 0.3) is 17.2 Å². The average Bonchev–Trinajstić information content (AvgIpc) is 2.92. The topological polar surface area (TPSA) is 63.6 Å². The van der Waals surface area contributed by atoms with Crippen LogP contribution in [0.1, 0.15) is 5.56 Å². The molecule has 0 fully saturated rings. The molecule has 2 aromatic heterocycles. The third-order valence-corrected chi connectivity index (χ3v) is 2.83. The Hall–Kier alpha value is -2.69. The van der Waals surface area contributed by atoms with Crippen molar-refractivity contribution in [3.8, 4) is 0 Å². The van der Waals surface area contributed by atoms with Crippen molar-refractivity contribution < 1.29 is 0 Å². The summed E-state index contributed by atoms with van der Waals surface area (Å²) in [6, 6.07) is 9.94. The van der Waals surface area contributed by atoms with Gasteiger partial charge in [0, 0.05) is 6.54 Å². The summed E-state index contributed by atoms with van der Waals surface area (Å²) in [6.45, 7) is 0.482. The van der Waals surface area contributed by atoms with E-state index in [4.69, 9.17) is 0 Å². The molecule has 1 N–H and O–H groups in total. The summed E-state index contributed by atoms with van der Waals surface area (Å²) in [5.74, 6) is 0. The van der Waals surface area contributed by atoms with Crippen molar-refractivity contribution in [3.05, 3.63) is 65.0 Å². The van der Waals surface area contributed by atoms with E-state index in [0.29, 0.717) is 17.7 Å². The zero-order valence-corrected chi connectivity index (χ0v) is 10.2. The zero-order valence-electron chi connectivity index (χ0n) is 10.2. The quantitative estimate of drug-likeness (QED) is 0.773. The Balaban J connectivity index is 1.84. The normalized spacial score (nSPS) is 11.4. The zero-order chi connectivity index (χ0) is 13.1. The first kappa shape index (κ1) is 11.4. The summed E-state index contributed by atoms with van der Waals surface area (Å²) >= 11 is 0. The number of hydrogen-bond acceptors (Lipinski definition) is 3. The van der Waals surface area contributed by atoms with Gasteiger partial charge >= 0.3 is 0 Å². The van der Waals surface area contributed by atoms with E-state index in [1.165, 1.54) is 12.7 Å². The van der Waals surface area contributed by atoms with E-state index in [0.717, 1.165) is 5.56 Å². The van der Waals surface area contributed by atoms with E-state index in [1.54, 1.807) is 4.57 Å². The molecule has 3 rings (SSSR count). The lowest BCUT2D eigenvalue weighted by Crippen LogP contribution is -2.19. The van der Waals surface area contributed by atoms with Crippen LogP contribution in [0.2, 0.25) is 0 Å². The van der Waals surface area contributed by atoms with Crippen LogP contribution in [0.5, 0.6) is 0 Å². The van der Waals surface area contributed by atoms with E-state index in [1.807, 2.05) is 42.5 Å². The second-order valence-electron chi connectivity index (χ2n) is 4.12. The van der Waals surface area contributed by atoms with Crippen LogP contribution in [-0.2, 0) is 6.54 Å². The second kappa shape index (κ2) is 4.89. The van der Waals surface area contributed by atoms with E-state index >= 15 is 0 Å². The molecule has 19 heavy (non-hydrogen) atoms. The number of imidazole rings is 1. The van der Waals surface area contributed by atoms with Crippen LogP contribution in [0.3, 0.4) is 0 Å². The highest BCUT2D eigenvalue weighted by Gasteiger charge is 2.04. The predicted octanol–water partition coefficient (Wildman–Crippen LogP) is 1.83. The summed E-state index contributed by atoms with van der Waals surface area (Å²) in [5, 5.41) is 0. The van der Waals surface area contributed by atoms with Gasteiger partial charge in [-0.05, 0) is 5.56 Å². The molecule has 0 aliphatic heterocycles. The van der Waals surface area contributed by atoms with E-state index in [9.17, 15) is 4.79 Å². The maximum Gasteiger partial charge on any atom is 0.279 e. The average molecular weight is 252 g/mol. The molecule has 3 aromatic rings. The molecule has 0 saturated heterocycles. The van der Waals surface area contributed by atoms with Gasteiger partial charge in [0.25, 0.3) is 5.56 Å². The van der Waals surface area contributed by atoms with Gasteiger partial charge in [0.15, 0.2) is 11.2 Å². The summed E-state index contributed by atoms with van der Waals surface area (Å²) in [7, 11) is 0. The Kier molecular flexibility index (Phi) is 2.94. The van der Waals surface area contributed by atoms with Gasteiger partial charge in [-0.15, -0.1) is 0 Å². The Labute approximate surface area is 109 Å². The molecular formula is C14H12N4O. The number of rotatable bonds is 3. The predicted molar refractivity (Wildman–Crippen MR) is 73.6 cm³/mol. The summed E-state index contributed by atoms with van der Waals surface area (Å²) in [5.41, 5.74) is 1.88. The molecule has 0 radical (unpaired) electrons. The van der Waals surface area contributed by atoms with Crippen molar-refractivity contribution in [2.24, 2.45) is 0 Å². The standard InChI is InChI=1S/C14H12N4O/c19-14-12-13(16-9-15-12)17-10-18(14)8-4-7-11-5-2-1-3-6-11/h1-7,9-10H,8H2,(H,15,16)/b7-4+. The van der Waals surface area contributed by atoms with Gasteiger partial charge in [-0.1, -0.05) is 42.5 Å². The molecule has 0 saturated carbocycles. The third kappa shape index (κ3) is 2.30. The third-order valence-electron chi connectivity index (χ3n) is 2.83. The van der Waals surface area contributed by atoms with Crippen LogP contribution in [0, 0.1) is 0 Å². The van der Waals surface area contributed by atoms with Gasteiger partial charge < -0.3 is 4.98 Å². The fourth-order valence-corrected chi connectivity index (χ4v) is 1.86. The van der Waals surface area contributed by atoms with Gasteiger partial charge in [0.1, 0.15) is 6.33 Å². The minimum Gasteiger partial charge on any atom is -0.339 e. The summed E-state index contributed by atoms with van der Waals surface area (Å²) in [6.07, 6.45) is 6.90. The van der Waals surface area contributed by atoms with E-state index in [-0.39, 0.29) is 5.56 Å². The number of aromatic nitrogens is 4. The number of hydrogen-bond donors (Lipinski definition) is 1. The lowest BCUT2D eigenvalue weighted by molar-refractivity contribution is 0.766. The molecule has 0 aliphatic carbocycles. The molecule has 5 nitrogen and oxygen atoms in total. The maximum absolute atomic E-state index is 12.0. The molecule has 0 atom stereocenters. The minimum atomic E-state index is -0.111. The second-order valence-corrected chi connectivity index (χ2v) is 4.12. The number of aromatic amines is 1. The summed E-state index contributed by atoms with van der Waals surface area (Å²) < 4.78 is 1.54. The number of nitrogens with zero attached hydrogens (tertiary/aromatic N) is 3. The molecule has 94 valence electrons. The van der Waals surface area contributed by atoms with Crippen molar-refractivity contribution in [2.75, 3.05) is 0 Å². The Bertz CT molecular complexity index is 771. The lowest BCUT2D eigenvalue weighted by atomic mass is 10.2. The number of fused-ring (bicyclic) bond motifs is 1. The molecule has 2 heterocycles. The SMILES string of the molecule is O=c1c2[nH]cnc2ncn1C/C=C/c1ccccc1. The first-order valence-corrected chi connectivity index (χ1v) is 5.95. The molecule has 0 spiro atoms. The number of H-pyrrole nitrogens is 1. The first-order valence-electron chi connectivity index (χ1n) is 5.95. The number of allylic oxidation sites excluding steroid dienone is 1. The molecule has 0 aliphatic rings. The Morgan fingerprint density at radius 1 is 1.21 bits per heavy atom. The smallest absolute Gasteiger partial charge is 0.279 e. The van der Waals surface area contributed by atoms with Gasteiger partial charge in [-0.25, -0.2) is 9.97 Å². The minimum absolute atomic E-state index is 0.111. The highest BCUT2D eigenvalue weighted by molar-refractivity contribution is 5.67. The van der Waals surface area contributed by atoms with Crippen molar-refractivity contribution in [1.29, 1.82) is 0 Å². The van der Waals surface area contributed by atoms with Crippen molar-refractivity contribution in [1.82, 2.24) is 19.5 Å². The largest absolute Gasteiger partial charge is 0.339 e. The monoisotopic (exact) mass is 252 g/mol. The summed E-state index contributed by atoms with van der Waals surface area (Å²) in [4.78, 5) is 22.9. The molecular weight excluding hydrogens is 240 g/mol. The fraction of sp³-hybridized carbons (Fsp3) is 0.0714. The van der Waals surface area contributed by atoms with Crippen molar-refractivity contribution >= 4 is 17.2 Å². The highest BCUT2D eigenvalue weighted by atomic mass is 16.1. The lowest BCUT2D eigenvalue weighted by Gasteiger charge is -2.00. The van der Waals surface area contributed by atoms with Gasteiger partial charge in [-0.2, -0.15) is 0 Å². The Morgan fingerprint density at radius 3 is 2.89 bits per heavy atom. The maximum atomic E-state index is 12.0. The number of benzene rings is 1. The van der Waals surface area contributed by atoms with Crippen LogP contribution < -0.4 is 5.56 Å². The fourth-order valence-electron chi connectivity index (χ4n) is 1.86. The van der Waals surface area contributed by atoms with Gasteiger partial charge in [-0.3, -0.25) is 9.36 Å². The Morgan fingerprint density at radius 2 is 2.05 bits per heavy atom. The van der Waals surface area contributed by atoms with Crippen LogP contribution in [0.4, 0.5) is 0 Å². The van der Waals surface area contributed by atoms with Crippen LogP contribution in [0.15, 0.2) is 53.9 Å². The molecule has 0 unspecified atom stereocenters.